The van der Waals surface area contributed by atoms with Crippen LogP contribution in [-0.4, -0.2) is 23.0 Å². The molecule has 1 aliphatic heterocycles. The molecular weight excluding hydrogens is 202 g/mol. The number of hydrogen-bond acceptors (Lipinski definition) is 3. The second-order valence-corrected chi connectivity index (χ2v) is 3.80. The lowest BCUT2D eigenvalue weighted by Gasteiger charge is -2.23. The lowest BCUT2D eigenvalue weighted by molar-refractivity contribution is 0.185. The Bertz CT molecular complexity index is 343. The molecule has 14 heavy (non-hydrogen) atoms. The Morgan fingerprint density at radius 3 is 2.86 bits per heavy atom. The number of aliphatic hydroxyl groups is 1. The van der Waals surface area contributed by atoms with E-state index in [4.69, 9.17) is 11.6 Å². The summed E-state index contributed by atoms with van der Waals surface area (Å²) in [6.45, 7) is 0.782. The van der Waals surface area contributed by atoms with Crippen molar-refractivity contribution >= 4 is 17.3 Å². The minimum Gasteiger partial charge on any atom is -0.506 e. The zero-order chi connectivity index (χ0) is 10.1. The van der Waals surface area contributed by atoms with Crippen molar-refractivity contribution in [2.75, 3.05) is 11.4 Å². The van der Waals surface area contributed by atoms with Crippen molar-refractivity contribution in [2.45, 2.75) is 19.1 Å². The largest absolute Gasteiger partial charge is 0.506 e. The van der Waals surface area contributed by atoms with Gasteiger partial charge in [-0.2, -0.15) is 0 Å². The first-order valence-corrected chi connectivity index (χ1v) is 5.00. The van der Waals surface area contributed by atoms with Crippen LogP contribution in [0.15, 0.2) is 18.2 Å². The van der Waals surface area contributed by atoms with Crippen LogP contribution < -0.4 is 4.90 Å². The molecule has 76 valence electrons. The fourth-order valence-corrected chi connectivity index (χ4v) is 1.99. The SMILES string of the molecule is Oc1cccc(N2CCCC2O)c1Cl. The number of aliphatic hydroxyl groups excluding tert-OH is 1. The maximum Gasteiger partial charge on any atom is 0.136 e. The lowest BCUT2D eigenvalue weighted by atomic mass is 10.2. The van der Waals surface area contributed by atoms with Gasteiger partial charge in [-0.25, -0.2) is 0 Å². The predicted molar refractivity (Wildman–Crippen MR) is 55.7 cm³/mol. The van der Waals surface area contributed by atoms with Crippen molar-refractivity contribution in [1.29, 1.82) is 0 Å². The summed E-state index contributed by atoms with van der Waals surface area (Å²) in [6.07, 6.45) is 1.23. The van der Waals surface area contributed by atoms with Crippen molar-refractivity contribution in [2.24, 2.45) is 0 Å². The minimum atomic E-state index is -0.478. The standard InChI is InChI=1S/C10H12ClNO2/c11-10-7(3-1-4-8(10)13)12-6-2-5-9(12)14/h1,3-4,9,13-14H,2,5-6H2. The molecule has 1 aromatic carbocycles. The molecular formula is C10H12ClNO2. The number of nitrogens with zero attached hydrogens (tertiary/aromatic N) is 1. The number of benzene rings is 1. The van der Waals surface area contributed by atoms with Gasteiger partial charge < -0.3 is 15.1 Å². The maximum absolute atomic E-state index is 9.64. The topological polar surface area (TPSA) is 43.7 Å². The van der Waals surface area contributed by atoms with E-state index in [2.05, 4.69) is 0 Å². The molecule has 0 aliphatic carbocycles. The smallest absolute Gasteiger partial charge is 0.136 e. The number of rotatable bonds is 1. The molecule has 0 bridgehead atoms. The van der Waals surface area contributed by atoms with Crippen molar-refractivity contribution in [3.05, 3.63) is 23.2 Å². The van der Waals surface area contributed by atoms with E-state index in [1.54, 1.807) is 12.1 Å². The summed E-state index contributed by atoms with van der Waals surface area (Å²) >= 11 is 5.94. The molecule has 3 nitrogen and oxygen atoms in total. The molecule has 1 heterocycles. The van der Waals surface area contributed by atoms with E-state index >= 15 is 0 Å². The highest BCUT2D eigenvalue weighted by Gasteiger charge is 2.24. The van der Waals surface area contributed by atoms with E-state index < -0.39 is 6.23 Å². The summed E-state index contributed by atoms with van der Waals surface area (Å²) in [4.78, 5) is 1.81. The van der Waals surface area contributed by atoms with Gasteiger partial charge in [-0.15, -0.1) is 0 Å². The van der Waals surface area contributed by atoms with Gasteiger partial charge in [0.2, 0.25) is 0 Å². The molecule has 1 aliphatic rings. The zero-order valence-corrected chi connectivity index (χ0v) is 8.41. The molecule has 2 rings (SSSR count). The molecule has 1 atom stereocenters. The third-order valence-corrected chi connectivity index (χ3v) is 2.88. The van der Waals surface area contributed by atoms with Crippen LogP contribution in [0.2, 0.25) is 5.02 Å². The summed E-state index contributed by atoms with van der Waals surface area (Å²) in [5.41, 5.74) is 0.705. The van der Waals surface area contributed by atoms with E-state index in [1.807, 2.05) is 4.90 Å². The number of hydrogen-bond donors (Lipinski definition) is 2. The quantitative estimate of drug-likeness (QED) is 0.750. The molecule has 0 radical (unpaired) electrons. The number of aromatic hydroxyl groups is 1. The van der Waals surface area contributed by atoms with Crippen LogP contribution >= 0.6 is 11.6 Å². The second-order valence-electron chi connectivity index (χ2n) is 3.43. The highest BCUT2D eigenvalue weighted by atomic mass is 35.5. The van der Waals surface area contributed by atoms with Crippen molar-refractivity contribution in [3.63, 3.8) is 0 Å². The first-order valence-electron chi connectivity index (χ1n) is 4.62. The van der Waals surface area contributed by atoms with E-state index in [0.29, 0.717) is 10.7 Å². The fourth-order valence-electron chi connectivity index (χ4n) is 1.76. The molecule has 0 spiro atoms. The number of halogens is 1. The fraction of sp³-hybridized carbons (Fsp3) is 0.400. The Morgan fingerprint density at radius 1 is 1.43 bits per heavy atom. The zero-order valence-electron chi connectivity index (χ0n) is 7.65. The molecule has 1 fully saturated rings. The van der Waals surface area contributed by atoms with E-state index in [1.165, 1.54) is 6.07 Å². The van der Waals surface area contributed by atoms with Crippen molar-refractivity contribution in [3.8, 4) is 5.75 Å². The third kappa shape index (κ3) is 1.53. The molecule has 2 N–H and O–H groups in total. The van der Waals surface area contributed by atoms with Gasteiger partial charge in [-0.3, -0.25) is 0 Å². The van der Waals surface area contributed by atoms with Crippen LogP contribution in [0, 0.1) is 0 Å². The van der Waals surface area contributed by atoms with Gasteiger partial charge in [-0.1, -0.05) is 17.7 Å². The van der Waals surface area contributed by atoms with E-state index in [0.717, 1.165) is 19.4 Å². The molecule has 1 unspecified atom stereocenters. The molecule has 0 amide bonds. The highest BCUT2D eigenvalue weighted by molar-refractivity contribution is 6.34. The third-order valence-electron chi connectivity index (χ3n) is 2.49. The molecule has 0 saturated carbocycles. The van der Waals surface area contributed by atoms with Crippen molar-refractivity contribution in [1.82, 2.24) is 0 Å². The first-order chi connectivity index (χ1) is 6.70. The van der Waals surface area contributed by atoms with Gasteiger partial charge in [-0.05, 0) is 25.0 Å². The summed E-state index contributed by atoms with van der Waals surface area (Å²) < 4.78 is 0. The number of phenols is 1. The van der Waals surface area contributed by atoms with Gasteiger partial charge in [0.25, 0.3) is 0 Å². The molecule has 0 aromatic heterocycles. The number of phenolic OH excluding ortho intramolecular Hbond substituents is 1. The average molecular weight is 214 g/mol. The van der Waals surface area contributed by atoms with Gasteiger partial charge in [0.05, 0.1) is 5.69 Å². The maximum atomic E-state index is 9.64. The van der Waals surface area contributed by atoms with Crippen LogP contribution in [0.3, 0.4) is 0 Å². The summed E-state index contributed by atoms with van der Waals surface area (Å²) in [7, 11) is 0. The molecule has 1 aromatic rings. The lowest BCUT2D eigenvalue weighted by Crippen LogP contribution is -2.28. The van der Waals surface area contributed by atoms with Gasteiger partial charge in [0, 0.05) is 6.54 Å². The summed E-state index contributed by atoms with van der Waals surface area (Å²) in [6, 6.07) is 5.06. The second kappa shape index (κ2) is 3.67. The minimum absolute atomic E-state index is 0.0586. The van der Waals surface area contributed by atoms with Crippen LogP contribution in [-0.2, 0) is 0 Å². The van der Waals surface area contributed by atoms with Crippen LogP contribution in [0.4, 0.5) is 5.69 Å². The number of anilines is 1. The Morgan fingerprint density at radius 2 is 2.21 bits per heavy atom. The Balaban J connectivity index is 2.36. The molecule has 1 saturated heterocycles. The Labute approximate surface area is 87.5 Å². The van der Waals surface area contributed by atoms with Crippen LogP contribution in [0.1, 0.15) is 12.8 Å². The van der Waals surface area contributed by atoms with Gasteiger partial charge in [0.15, 0.2) is 0 Å². The highest BCUT2D eigenvalue weighted by Crippen LogP contribution is 2.36. The van der Waals surface area contributed by atoms with Gasteiger partial charge in [0.1, 0.15) is 17.0 Å². The summed E-state index contributed by atoms with van der Waals surface area (Å²) in [5.74, 6) is 0.0586. The molecule has 4 heteroatoms. The predicted octanol–water partition coefficient (Wildman–Crippen LogP) is 1.96. The Hall–Kier alpha value is -0.930. The monoisotopic (exact) mass is 213 g/mol. The van der Waals surface area contributed by atoms with Crippen LogP contribution in [0.25, 0.3) is 0 Å². The van der Waals surface area contributed by atoms with Gasteiger partial charge >= 0.3 is 0 Å². The van der Waals surface area contributed by atoms with Crippen molar-refractivity contribution < 1.29 is 10.2 Å². The van der Waals surface area contributed by atoms with E-state index in [-0.39, 0.29) is 5.75 Å². The Kier molecular flexibility index (Phi) is 2.52. The van der Waals surface area contributed by atoms with E-state index in [9.17, 15) is 10.2 Å². The summed E-state index contributed by atoms with van der Waals surface area (Å²) in [5, 5.41) is 19.4. The van der Waals surface area contributed by atoms with Crippen LogP contribution in [0.5, 0.6) is 5.75 Å². The normalized spacial score (nSPS) is 21.6. The average Bonchev–Trinajstić information content (AvgIpc) is 2.57. The first kappa shape index (κ1) is 9.62.